The molecule has 0 bridgehead atoms. The first kappa shape index (κ1) is 18.1. The summed E-state index contributed by atoms with van der Waals surface area (Å²) in [6.45, 7) is 4.87. The summed E-state index contributed by atoms with van der Waals surface area (Å²) < 4.78 is 9.69. The summed E-state index contributed by atoms with van der Waals surface area (Å²) in [5.41, 5.74) is 0. The third kappa shape index (κ3) is 12.5. The quantitative estimate of drug-likeness (QED) is 0.296. The molecule has 4 heteroatoms. The van der Waals surface area contributed by atoms with E-state index in [1.165, 1.54) is 0 Å². The summed E-state index contributed by atoms with van der Waals surface area (Å²) in [7, 11) is 0. The van der Waals surface area contributed by atoms with Crippen LogP contribution in [-0.2, 0) is 19.1 Å². The van der Waals surface area contributed by atoms with Crippen molar-refractivity contribution < 1.29 is 19.1 Å². The van der Waals surface area contributed by atoms with Gasteiger partial charge in [-0.1, -0.05) is 39.5 Å². The molecular formula is C16H22O4. The van der Waals surface area contributed by atoms with Crippen LogP contribution in [0.5, 0.6) is 0 Å². The predicted octanol–water partition coefficient (Wildman–Crippen LogP) is 2.46. The maximum atomic E-state index is 11.1. The number of carbonyl (C=O) groups excluding carboxylic acids is 2. The van der Waals surface area contributed by atoms with E-state index in [1.54, 1.807) is 0 Å². The van der Waals surface area contributed by atoms with Gasteiger partial charge in [-0.2, -0.15) is 0 Å². The molecule has 0 aliphatic heterocycles. The Morgan fingerprint density at radius 1 is 0.750 bits per heavy atom. The molecule has 0 spiro atoms. The highest BCUT2D eigenvalue weighted by Crippen LogP contribution is 1.94. The zero-order chi connectivity index (χ0) is 15.1. The zero-order valence-electron chi connectivity index (χ0n) is 12.3. The van der Waals surface area contributed by atoms with Gasteiger partial charge >= 0.3 is 11.9 Å². The van der Waals surface area contributed by atoms with Crippen molar-refractivity contribution in [2.75, 3.05) is 13.2 Å². The zero-order valence-corrected chi connectivity index (χ0v) is 12.3. The average Bonchev–Trinajstić information content (AvgIpc) is 2.44. The van der Waals surface area contributed by atoms with Crippen molar-refractivity contribution in [2.45, 2.75) is 52.4 Å². The molecule has 0 heterocycles. The second-order valence-corrected chi connectivity index (χ2v) is 4.19. The summed E-state index contributed by atoms with van der Waals surface area (Å²) >= 11 is 0. The van der Waals surface area contributed by atoms with Gasteiger partial charge in [-0.15, -0.1) is 0 Å². The highest BCUT2D eigenvalue weighted by atomic mass is 16.5. The minimum absolute atomic E-state index is 0.369. The lowest BCUT2D eigenvalue weighted by molar-refractivity contribution is -0.137. The van der Waals surface area contributed by atoms with Crippen molar-refractivity contribution in [3.8, 4) is 23.7 Å². The molecule has 0 aromatic rings. The normalized spacial score (nSPS) is 8.70. The Bertz CT molecular complexity index is 364. The van der Waals surface area contributed by atoms with Gasteiger partial charge in [0.05, 0.1) is 13.2 Å². The SMILES string of the molecule is CCCCCOC(=O)C#CC#CC(=O)OCCCCC. The Kier molecular flexibility index (Phi) is 12.2. The molecule has 110 valence electrons. The highest BCUT2D eigenvalue weighted by molar-refractivity contribution is 5.91. The fraction of sp³-hybridized carbons (Fsp3) is 0.625. The minimum Gasteiger partial charge on any atom is -0.456 e. The molecule has 4 nitrogen and oxygen atoms in total. The van der Waals surface area contributed by atoms with Crippen molar-refractivity contribution in [3.63, 3.8) is 0 Å². The number of ether oxygens (including phenoxy) is 2. The second kappa shape index (κ2) is 13.5. The van der Waals surface area contributed by atoms with Gasteiger partial charge in [0, 0.05) is 11.8 Å². The number of carbonyl (C=O) groups is 2. The fourth-order valence-electron chi connectivity index (χ4n) is 1.27. The summed E-state index contributed by atoms with van der Waals surface area (Å²) in [6.07, 6.45) is 5.83. The molecular weight excluding hydrogens is 256 g/mol. The van der Waals surface area contributed by atoms with Crippen LogP contribution in [0.15, 0.2) is 0 Å². The number of esters is 2. The van der Waals surface area contributed by atoms with Crippen LogP contribution in [0.3, 0.4) is 0 Å². The van der Waals surface area contributed by atoms with Gasteiger partial charge in [0.2, 0.25) is 0 Å². The second-order valence-electron chi connectivity index (χ2n) is 4.19. The molecule has 0 aromatic heterocycles. The Balaban J connectivity index is 3.80. The largest absolute Gasteiger partial charge is 0.456 e. The van der Waals surface area contributed by atoms with Gasteiger partial charge in [-0.3, -0.25) is 0 Å². The summed E-state index contributed by atoms with van der Waals surface area (Å²) in [5.74, 6) is 7.70. The van der Waals surface area contributed by atoms with Crippen LogP contribution >= 0.6 is 0 Å². The van der Waals surface area contributed by atoms with Gasteiger partial charge < -0.3 is 9.47 Å². The molecule has 0 unspecified atom stereocenters. The number of rotatable bonds is 8. The molecule has 0 atom stereocenters. The Morgan fingerprint density at radius 2 is 1.15 bits per heavy atom. The van der Waals surface area contributed by atoms with Gasteiger partial charge in [0.1, 0.15) is 0 Å². The van der Waals surface area contributed by atoms with Crippen LogP contribution in [0.25, 0.3) is 0 Å². The smallest absolute Gasteiger partial charge is 0.385 e. The lowest BCUT2D eigenvalue weighted by Crippen LogP contribution is -2.03. The molecule has 0 fully saturated rings. The summed E-state index contributed by atoms with van der Waals surface area (Å²) in [5, 5.41) is 0. The van der Waals surface area contributed by atoms with E-state index >= 15 is 0 Å². The third-order valence-electron chi connectivity index (χ3n) is 2.35. The Hall–Kier alpha value is -1.94. The van der Waals surface area contributed by atoms with Crippen LogP contribution in [0.2, 0.25) is 0 Å². The molecule has 0 saturated carbocycles. The maximum Gasteiger partial charge on any atom is 0.385 e. The predicted molar refractivity (Wildman–Crippen MR) is 76.5 cm³/mol. The molecule has 0 amide bonds. The van der Waals surface area contributed by atoms with Crippen molar-refractivity contribution in [1.29, 1.82) is 0 Å². The molecule has 0 radical (unpaired) electrons. The van der Waals surface area contributed by atoms with Gasteiger partial charge in [0.25, 0.3) is 0 Å². The third-order valence-corrected chi connectivity index (χ3v) is 2.35. The van der Waals surface area contributed by atoms with E-state index < -0.39 is 11.9 Å². The first-order valence-corrected chi connectivity index (χ1v) is 7.06. The number of hydrogen-bond acceptors (Lipinski definition) is 4. The summed E-state index contributed by atoms with van der Waals surface area (Å²) in [4.78, 5) is 22.2. The molecule has 0 aliphatic rings. The molecule has 0 N–H and O–H groups in total. The van der Waals surface area contributed by atoms with Crippen LogP contribution in [-0.4, -0.2) is 25.2 Å². The van der Waals surface area contributed by atoms with Gasteiger partial charge in [0.15, 0.2) is 0 Å². The van der Waals surface area contributed by atoms with Gasteiger partial charge in [-0.25, -0.2) is 9.59 Å². The van der Waals surface area contributed by atoms with E-state index in [4.69, 9.17) is 9.47 Å². The molecule has 0 aromatic carbocycles. The lowest BCUT2D eigenvalue weighted by atomic mass is 10.3. The monoisotopic (exact) mass is 278 g/mol. The standard InChI is InChI=1S/C16H22O4/c1-3-5-9-13-19-15(17)11-7-8-12-16(18)20-14-10-6-4-2/h3-6,9-10,13-14H2,1-2H3. The first-order chi connectivity index (χ1) is 9.70. The average molecular weight is 278 g/mol. The topological polar surface area (TPSA) is 52.6 Å². The van der Waals surface area contributed by atoms with Crippen molar-refractivity contribution in [1.82, 2.24) is 0 Å². The fourth-order valence-corrected chi connectivity index (χ4v) is 1.27. The van der Waals surface area contributed by atoms with Crippen LogP contribution in [0.1, 0.15) is 52.4 Å². The first-order valence-electron chi connectivity index (χ1n) is 7.06. The van der Waals surface area contributed by atoms with Crippen LogP contribution in [0, 0.1) is 23.7 Å². The van der Waals surface area contributed by atoms with Gasteiger partial charge in [-0.05, 0) is 24.7 Å². The van der Waals surface area contributed by atoms with E-state index in [-0.39, 0.29) is 0 Å². The van der Waals surface area contributed by atoms with Crippen LogP contribution < -0.4 is 0 Å². The lowest BCUT2D eigenvalue weighted by Gasteiger charge is -1.98. The van der Waals surface area contributed by atoms with Crippen LogP contribution in [0.4, 0.5) is 0 Å². The van der Waals surface area contributed by atoms with Crippen molar-refractivity contribution >= 4 is 11.9 Å². The van der Waals surface area contributed by atoms with Crippen molar-refractivity contribution in [3.05, 3.63) is 0 Å². The Morgan fingerprint density at radius 3 is 1.50 bits per heavy atom. The Labute approximate surface area is 121 Å². The van der Waals surface area contributed by atoms with E-state index in [9.17, 15) is 9.59 Å². The van der Waals surface area contributed by atoms with E-state index in [0.29, 0.717) is 13.2 Å². The van der Waals surface area contributed by atoms with Crippen molar-refractivity contribution in [2.24, 2.45) is 0 Å². The van der Waals surface area contributed by atoms with E-state index in [1.807, 2.05) is 0 Å². The minimum atomic E-state index is -0.619. The molecule has 20 heavy (non-hydrogen) atoms. The molecule has 0 saturated heterocycles. The number of unbranched alkanes of at least 4 members (excludes halogenated alkanes) is 4. The number of hydrogen-bond donors (Lipinski definition) is 0. The molecule has 0 rings (SSSR count). The van der Waals surface area contributed by atoms with E-state index in [2.05, 4.69) is 37.5 Å². The molecule has 0 aliphatic carbocycles. The van der Waals surface area contributed by atoms with E-state index in [0.717, 1.165) is 38.5 Å². The highest BCUT2D eigenvalue weighted by Gasteiger charge is 1.96. The maximum absolute atomic E-state index is 11.1. The summed E-state index contributed by atoms with van der Waals surface area (Å²) in [6, 6.07) is 0.